The fourth-order valence-corrected chi connectivity index (χ4v) is 10.3. The van der Waals surface area contributed by atoms with E-state index in [1.54, 1.807) is 0 Å². The van der Waals surface area contributed by atoms with Crippen LogP contribution in [-0.4, -0.2) is 69.4 Å². The summed E-state index contributed by atoms with van der Waals surface area (Å²) >= 11 is 0. The zero-order chi connectivity index (χ0) is 60.0. The first-order valence-corrected chi connectivity index (χ1v) is 35.5. The van der Waals surface area contributed by atoms with Crippen LogP contribution in [0.25, 0.3) is 0 Å². The Morgan fingerprint density at radius 2 is 0.817 bits per heavy atom. The Labute approximate surface area is 507 Å². The number of hydrogen-bond acceptors (Lipinski definition) is 7. The smallest absolute Gasteiger partial charge is 0.306 e. The Balaban J connectivity index is 5.14. The van der Waals surface area contributed by atoms with E-state index in [-0.39, 0.29) is 31.3 Å². The van der Waals surface area contributed by atoms with Crippen LogP contribution in [0, 0.1) is 0 Å². The molecule has 0 aromatic carbocycles. The van der Waals surface area contributed by atoms with Gasteiger partial charge in [0.05, 0.1) is 33.8 Å². The number of rotatable bonds is 61. The molecule has 0 saturated carbocycles. The van der Waals surface area contributed by atoms with Crippen molar-refractivity contribution in [3.63, 3.8) is 0 Å². The number of quaternary nitrogens is 1. The summed E-state index contributed by atoms with van der Waals surface area (Å²) < 4.78 is 30.4. The SMILES string of the molecule is CC/C=C\C/C=C\C/C=C\C/C=C\C/C=C\CCCCCCCCCCCCCC(=O)OC(/C=C\CCCCCCCCCCCCC)C(COP(=O)([O-])OCC[N+](C)(C)C)NC(=O)CCCCC/C=C/C=C/CCCCCCCCC. The summed E-state index contributed by atoms with van der Waals surface area (Å²) in [4.78, 5) is 40.1. The van der Waals surface area contributed by atoms with Crippen LogP contribution in [-0.2, 0) is 27.9 Å². The molecular formula is C72H129N2O7P. The predicted octanol–water partition coefficient (Wildman–Crippen LogP) is 20.9. The van der Waals surface area contributed by atoms with Gasteiger partial charge in [0.1, 0.15) is 19.3 Å². The monoisotopic (exact) mass is 1160 g/mol. The van der Waals surface area contributed by atoms with E-state index in [2.05, 4.69) is 111 Å². The van der Waals surface area contributed by atoms with E-state index in [1.807, 2.05) is 33.3 Å². The van der Waals surface area contributed by atoms with Crippen molar-refractivity contribution in [2.75, 3.05) is 40.9 Å². The van der Waals surface area contributed by atoms with Gasteiger partial charge in [0.15, 0.2) is 0 Å². The van der Waals surface area contributed by atoms with Crippen molar-refractivity contribution < 1.29 is 37.3 Å². The van der Waals surface area contributed by atoms with Crippen LogP contribution in [0.1, 0.15) is 297 Å². The van der Waals surface area contributed by atoms with Crippen LogP contribution in [0.3, 0.4) is 0 Å². The molecule has 0 aliphatic heterocycles. The molecule has 0 radical (unpaired) electrons. The number of amides is 1. The van der Waals surface area contributed by atoms with Crippen LogP contribution in [0.15, 0.2) is 97.2 Å². The van der Waals surface area contributed by atoms with Gasteiger partial charge in [0, 0.05) is 12.8 Å². The second kappa shape index (κ2) is 61.0. The van der Waals surface area contributed by atoms with Gasteiger partial charge in [-0.05, 0) is 102 Å². The lowest BCUT2D eigenvalue weighted by atomic mass is 10.0. The molecule has 3 unspecified atom stereocenters. The van der Waals surface area contributed by atoms with Crippen LogP contribution in [0.5, 0.6) is 0 Å². The van der Waals surface area contributed by atoms with Crippen molar-refractivity contribution in [2.45, 2.75) is 309 Å². The van der Waals surface area contributed by atoms with E-state index in [4.69, 9.17) is 13.8 Å². The van der Waals surface area contributed by atoms with Crippen molar-refractivity contribution >= 4 is 19.7 Å². The predicted molar refractivity (Wildman–Crippen MR) is 353 cm³/mol. The summed E-state index contributed by atoms with van der Waals surface area (Å²) in [6, 6.07) is -0.908. The number of nitrogens with zero attached hydrogens (tertiary/aromatic N) is 1. The van der Waals surface area contributed by atoms with E-state index in [0.29, 0.717) is 17.4 Å². The highest BCUT2D eigenvalue weighted by atomic mass is 31.2. The van der Waals surface area contributed by atoms with Crippen molar-refractivity contribution in [1.29, 1.82) is 0 Å². The standard InChI is InChI=1S/C72H129N2O7P/c1-7-10-13-16-19-22-25-28-30-32-33-34-35-36-37-38-39-40-41-42-44-47-50-53-56-59-62-65-72(76)81-70(63-60-57-54-51-48-45-27-24-21-18-15-12-9-3)69(68-80-82(77,78)79-67-66-74(4,5)6)73-71(75)64-61-58-55-52-49-46-43-31-29-26-23-20-17-14-11-8-2/h10,13,19,22,28,30-31,33-34,36-37,43,46,49,60,63,69-70H,7-9,11-12,14-18,20-21,23-27,29,32,35,38-42,44-45,47-48,50-59,61-62,64-68H2,1-6H3,(H-,73,75,77,78)/b13-10-,22-19-,30-28-,34-33-,37-36-,43-31+,49-46+,63-60-. The molecule has 1 N–H and O–H groups in total. The third-order valence-corrected chi connectivity index (χ3v) is 15.7. The maximum atomic E-state index is 13.5. The normalized spacial score (nSPS) is 14.2. The third-order valence-electron chi connectivity index (χ3n) is 14.8. The number of ether oxygens (including phenoxy) is 1. The first-order chi connectivity index (χ1) is 39.9. The second-order valence-electron chi connectivity index (χ2n) is 24.0. The number of esters is 1. The lowest BCUT2D eigenvalue weighted by Crippen LogP contribution is -2.47. The lowest BCUT2D eigenvalue weighted by Gasteiger charge is -2.30. The maximum Gasteiger partial charge on any atom is 0.306 e. The van der Waals surface area contributed by atoms with E-state index >= 15 is 0 Å². The number of carbonyl (C=O) groups excluding carboxylic acids is 2. The number of hydrogen-bond donors (Lipinski definition) is 1. The molecule has 0 aromatic heterocycles. The minimum atomic E-state index is -4.71. The Kier molecular flexibility index (Phi) is 58.7. The van der Waals surface area contributed by atoms with E-state index in [0.717, 1.165) is 109 Å². The first-order valence-electron chi connectivity index (χ1n) is 34.1. The molecule has 10 heteroatoms. The summed E-state index contributed by atoms with van der Waals surface area (Å²) in [5.74, 6) is -0.573. The third kappa shape index (κ3) is 61.5. The maximum absolute atomic E-state index is 13.5. The highest BCUT2D eigenvalue weighted by molar-refractivity contribution is 7.45. The zero-order valence-corrected chi connectivity index (χ0v) is 55.1. The van der Waals surface area contributed by atoms with Crippen molar-refractivity contribution in [1.82, 2.24) is 5.32 Å². The Bertz CT molecular complexity index is 1720. The lowest BCUT2D eigenvalue weighted by molar-refractivity contribution is -0.870. The first kappa shape index (κ1) is 78.9. The van der Waals surface area contributed by atoms with E-state index in [9.17, 15) is 19.0 Å². The summed E-state index contributed by atoms with van der Waals surface area (Å²) in [6.45, 7) is 6.72. The number of unbranched alkanes of at least 4 members (excludes halogenated alkanes) is 32. The fraction of sp³-hybridized carbons (Fsp3) is 0.750. The zero-order valence-electron chi connectivity index (χ0n) is 54.2. The summed E-state index contributed by atoms with van der Waals surface area (Å²) in [5.41, 5.74) is 0. The number of carbonyl (C=O) groups is 2. The Hall–Kier alpha value is -3.07. The molecule has 0 bridgehead atoms. The quantitative estimate of drug-likeness (QED) is 0.0161. The van der Waals surface area contributed by atoms with Crippen molar-refractivity contribution in [3.8, 4) is 0 Å². The average molecular weight is 1170 g/mol. The Morgan fingerprint density at radius 1 is 0.451 bits per heavy atom. The molecule has 0 fully saturated rings. The molecule has 0 aliphatic rings. The number of phosphoric acid groups is 1. The minimum Gasteiger partial charge on any atom is -0.756 e. The number of likely N-dealkylation sites (N-methyl/N-ethyl adjacent to an activating group) is 1. The van der Waals surface area contributed by atoms with E-state index in [1.165, 1.54) is 148 Å². The van der Waals surface area contributed by atoms with Gasteiger partial charge in [-0.15, -0.1) is 0 Å². The van der Waals surface area contributed by atoms with Gasteiger partial charge < -0.3 is 28.5 Å². The molecule has 0 heterocycles. The van der Waals surface area contributed by atoms with Crippen LogP contribution >= 0.6 is 7.82 Å². The van der Waals surface area contributed by atoms with Crippen molar-refractivity contribution in [3.05, 3.63) is 97.2 Å². The molecule has 474 valence electrons. The number of allylic oxidation sites excluding steroid dienone is 15. The molecule has 9 nitrogen and oxygen atoms in total. The van der Waals surface area contributed by atoms with Crippen LogP contribution in [0.2, 0.25) is 0 Å². The summed E-state index contributed by atoms with van der Waals surface area (Å²) in [6.07, 6.45) is 82.4. The fourth-order valence-electron chi connectivity index (χ4n) is 9.54. The average Bonchev–Trinajstić information content (AvgIpc) is 3.45. The summed E-state index contributed by atoms with van der Waals surface area (Å²) in [7, 11) is 1.16. The highest BCUT2D eigenvalue weighted by Crippen LogP contribution is 2.38. The van der Waals surface area contributed by atoms with Gasteiger partial charge in [-0.25, -0.2) is 0 Å². The van der Waals surface area contributed by atoms with E-state index < -0.39 is 26.6 Å². The van der Waals surface area contributed by atoms with Crippen LogP contribution in [0.4, 0.5) is 0 Å². The molecule has 3 atom stereocenters. The highest BCUT2D eigenvalue weighted by Gasteiger charge is 2.27. The molecule has 0 spiro atoms. The van der Waals surface area contributed by atoms with Gasteiger partial charge in [-0.2, -0.15) is 0 Å². The molecule has 0 saturated heterocycles. The molecule has 1 amide bonds. The number of nitrogens with one attached hydrogen (secondary N) is 1. The Morgan fingerprint density at radius 3 is 1.26 bits per heavy atom. The summed E-state index contributed by atoms with van der Waals surface area (Å²) in [5, 5.41) is 3.02. The molecular weight excluding hydrogens is 1040 g/mol. The van der Waals surface area contributed by atoms with Gasteiger partial charge in [0.25, 0.3) is 7.82 Å². The molecule has 0 rings (SSSR count). The molecule has 0 aliphatic carbocycles. The van der Waals surface area contributed by atoms with Crippen molar-refractivity contribution in [2.24, 2.45) is 0 Å². The topological polar surface area (TPSA) is 114 Å². The van der Waals surface area contributed by atoms with Gasteiger partial charge >= 0.3 is 5.97 Å². The number of phosphoric ester groups is 1. The minimum absolute atomic E-state index is 0.0310. The largest absolute Gasteiger partial charge is 0.756 e. The van der Waals surface area contributed by atoms with Gasteiger partial charge in [-0.1, -0.05) is 279 Å². The van der Waals surface area contributed by atoms with Gasteiger partial charge in [0.2, 0.25) is 5.91 Å². The van der Waals surface area contributed by atoms with Crippen LogP contribution < -0.4 is 10.2 Å². The second-order valence-corrected chi connectivity index (χ2v) is 25.4. The molecule has 0 aromatic rings. The molecule has 82 heavy (non-hydrogen) atoms. The van der Waals surface area contributed by atoms with Gasteiger partial charge in [-0.3, -0.25) is 14.2 Å².